The Morgan fingerprint density at radius 1 is 1.42 bits per heavy atom. The quantitative estimate of drug-likeness (QED) is 0.716. The standard InChI is InChI=1S/C14H20BrN7S2/c1-5-6-9-19-22(8-21(9)10-7-16-20-18-10)24-13-17-11(12(15)23-13)14(2,3)4/h7H,5-6,8H2,1-4H3,(H,16,18,20). The number of H-pyrrole nitrogens is 1. The lowest BCUT2D eigenvalue weighted by Crippen LogP contribution is -2.29. The van der Waals surface area contributed by atoms with Gasteiger partial charge in [-0.15, -0.1) is 5.10 Å². The van der Waals surface area contributed by atoms with Crippen LogP contribution in [0.2, 0.25) is 0 Å². The molecule has 0 saturated heterocycles. The van der Waals surface area contributed by atoms with Crippen molar-refractivity contribution in [3.63, 3.8) is 0 Å². The number of amidine groups is 1. The third-order valence-corrected chi connectivity index (χ3v) is 6.04. The highest BCUT2D eigenvalue weighted by Crippen LogP contribution is 2.39. The van der Waals surface area contributed by atoms with Crippen LogP contribution >= 0.6 is 39.2 Å². The highest BCUT2D eigenvalue weighted by Gasteiger charge is 2.28. The third kappa shape index (κ3) is 3.75. The molecular formula is C14H20BrN7S2. The minimum absolute atomic E-state index is 0.0164. The minimum Gasteiger partial charge on any atom is -0.289 e. The molecule has 1 aliphatic rings. The Morgan fingerprint density at radius 2 is 2.21 bits per heavy atom. The van der Waals surface area contributed by atoms with Crippen molar-refractivity contribution in [2.75, 3.05) is 11.6 Å². The van der Waals surface area contributed by atoms with Crippen LogP contribution in [0.3, 0.4) is 0 Å². The molecular weight excluding hydrogens is 410 g/mol. The monoisotopic (exact) mass is 429 g/mol. The normalized spacial score (nSPS) is 15.3. The van der Waals surface area contributed by atoms with Crippen molar-refractivity contribution in [3.8, 4) is 0 Å². The molecule has 1 N–H and O–H groups in total. The highest BCUT2D eigenvalue weighted by atomic mass is 79.9. The first-order valence-electron chi connectivity index (χ1n) is 7.72. The van der Waals surface area contributed by atoms with Gasteiger partial charge in [-0.05, 0) is 22.4 Å². The van der Waals surface area contributed by atoms with Crippen molar-refractivity contribution in [2.45, 2.75) is 50.3 Å². The molecule has 7 nitrogen and oxygen atoms in total. The molecule has 0 atom stereocenters. The lowest BCUT2D eigenvalue weighted by Gasteiger charge is -2.17. The summed E-state index contributed by atoms with van der Waals surface area (Å²) >= 11 is 6.84. The summed E-state index contributed by atoms with van der Waals surface area (Å²) in [5.41, 5.74) is 1.10. The Labute approximate surface area is 158 Å². The van der Waals surface area contributed by atoms with Gasteiger partial charge >= 0.3 is 0 Å². The highest BCUT2D eigenvalue weighted by molar-refractivity contribution is 9.11. The van der Waals surface area contributed by atoms with E-state index in [1.807, 2.05) is 4.41 Å². The zero-order valence-electron chi connectivity index (χ0n) is 14.1. The van der Waals surface area contributed by atoms with Crippen molar-refractivity contribution < 1.29 is 0 Å². The van der Waals surface area contributed by atoms with Gasteiger partial charge in [0.05, 0.1) is 15.7 Å². The van der Waals surface area contributed by atoms with Crippen LogP contribution in [0, 0.1) is 0 Å². The van der Waals surface area contributed by atoms with Crippen molar-refractivity contribution >= 4 is 50.9 Å². The minimum atomic E-state index is 0.0164. The zero-order chi connectivity index (χ0) is 17.3. The molecule has 0 aliphatic carbocycles. The van der Waals surface area contributed by atoms with Gasteiger partial charge in [-0.2, -0.15) is 5.10 Å². The first-order valence-corrected chi connectivity index (χ1v) is 10.1. The van der Waals surface area contributed by atoms with Crippen LogP contribution in [0.5, 0.6) is 0 Å². The second-order valence-electron chi connectivity index (χ2n) is 6.46. The number of rotatable bonds is 5. The number of aromatic amines is 1. The molecule has 2 aromatic heterocycles. The summed E-state index contributed by atoms with van der Waals surface area (Å²) in [6.45, 7) is 9.28. The van der Waals surface area contributed by atoms with Gasteiger partial charge < -0.3 is 0 Å². The largest absolute Gasteiger partial charge is 0.289 e. The van der Waals surface area contributed by atoms with E-state index in [9.17, 15) is 0 Å². The van der Waals surface area contributed by atoms with E-state index in [-0.39, 0.29) is 5.41 Å². The maximum Gasteiger partial charge on any atom is 0.177 e. The van der Waals surface area contributed by atoms with Crippen LogP contribution in [0.1, 0.15) is 46.2 Å². The summed E-state index contributed by atoms with van der Waals surface area (Å²) in [6, 6.07) is 0. The summed E-state index contributed by atoms with van der Waals surface area (Å²) in [7, 11) is 0. The molecule has 0 radical (unpaired) electrons. The van der Waals surface area contributed by atoms with E-state index in [2.05, 4.69) is 63.9 Å². The summed E-state index contributed by atoms with van der Waals surface area (Å²) < 4.78 is 4.02. The predicted molar refractivity (Wildman–Crippen MR) is 102 cm³/mol. The Hall–Kier alpha value is -1.13. The van der Waals surface area contributed by atoms with Gasteiger partial charge in [-0.25, -0.2) is 9.40 Å². The van der Waals surface area contributed by atoms with Crippen LogP contribution < -0.4 is 4.90 Å². The topological polar surface area (TPSA) is 73.3 Å². The number of thiazole rings is 1. The molecule has 10 heteroatoms. The first-order chi connectivity index (χ1) is 11.4. The number of nitrogens with one attached hydrogen (secondary N) is 1. The summed E-state index contributed by atoms with van der Waals surface area (Å²) in [6.07, 6.45) is 3.72. The van der Waals surface area contributed by atoms with Crippen LogP contribution in [-0.2, 0) is 5.41 Å². The number of halogens is 1. The van der Waals surface area contributed by atoms with Crippen molar-refractivity contribution in [3.05, 3.63) is 15.7 Å². The number of hydrogen-bond acceptors (Lipinski definition) is 8. The number of aromatic nitrogens is 4. The molecule has 0 aromatic carbocycles. The Kier molecular flexibility index (Phi) is 5.16. The molecule has 24 heavy (non-hydrogen) atoms. The number of nitrogens with zero attached hydrogens (tertiary/aromatic N) is 6. The molecule has 0 spiro atoms. The van der Waals surface area contributed by atoms with Crippen LogP contribution in [-0.4, -0.2) is 37.3 Å². The molecule has 0 unspecified atom stereocenters. The fourth-order valence-electron chi connectivity index (χ4n) is 2.28. The molecule has 0 amide bonds. The molecule has 0 bridgehead atoms. The Morgan fingerprint density at radius 3 is 2.79 bits per heavy atom. The van der Waals surface area contributed by atoms with E-state index >= 15 is 0 Å². The van der Waals surface area contributed by atoms with Crippen LogP contribution in [0.15, 0.2) is 19.4 Å². The van der Waals surface area contributed by atoms with E-state index in [4.69, 9.17) is 10.1 Å². The molecule has 130 valence electrons. The zero-order valence-corrected chi connectivity index (χ0v) is 17.3. The second-order valence-corrected chi connectivity index (χ2v) is 10.0. The molecule has 2 aromatic rings. The van der Waals surface area contributed by atoms with Gasteiger partial charge in [0.1, 0.15) is 12.5 Å². The third-order valence-electron chi connectivity index (χ3n) is 3.41. The van der Waals surface area contributed by atoms with Crippen molar-refractivity contribution in [1.29, 1.82) is 0 Å². The molecule has 1 aliphatic heterocycles. The maximum absolute atomic E-state index is 4.77. The van der Waals surface area contributed by atoms with Gasteiger partial charge in [0.2, 0.25) is 0 Å². The van der Waals surface area contributed by atoms with Gasteiger partial charge in [-0.1, -0.05) is 44.2 Å². The first kappa shape index (κ1) is 17.7. The average molecular weight is 430 g/mol. The van der Waals surface area contributed by atoms with Crippen LogP contribution in [0.4, 0.5) is 5.82 Å². The summed E-state index contributed by atoms with van der Waals surface area (Å²) in [5, 5.41) is 15.4. The van der Waals surface area contributed by atoms with Gasteiger partial charge in [0.25, 0.3) is 0 Å². The van der Waals surface area contributed by atoms with Crippen molar-refractivity contribution in [1.82, 2.24) is 24.8 Å². The SMILES string of the molecule is CCCC1=NN(Sc2nc(C(C)(C)C)c(Br)s2)CN1c1c[nH]nn1. The average Bonchev–Trinajstić information content (AvgIpc) is 3.18. The van der Waals surface area contributed by atoms with Crippen LogP contribution in [0.25, 0.3) is 0 Å². The van der Waals surface area contributed by atoms with E-state index < -0.39 is 0 Å². The van der Waals surface area contributed by atoms with E-state index in [0.717, 1.165) is 38.3 Å². The van der Waals surface area contributed by atoms with Crippen molar-refractivity contribution in [2.24, 2.45) is 5.10 Å². The summed E-state index contributed by atoms with van der Waals surface area (Å²) in [5.74, 6) is 1.80. The Balaban J connectivity index is 1.76. The summed E-state index contributed by atoms with van der Waals surface area (Å²) in [4.78, 5) is 6.85. The fraction of sp³-hybridized carbons (Fsp3) is 0.571. The maximum atomic E-state index is 4.77. The van der Waals surface area contributed by atoms with E-state index in [0.29, 0.717) is 6.67 Å². The fourth-order valence-corrected chi connectivity index (χ4v) is 5.76. The predicted octanol–water partition coefficient (Wildman–Crippen LogP) is 4.22. The number of hydrogen-bond donors (Lipinski definition) is 1. The lowest BCUT2D eigenvalue weighted by molar-refractivity contribution is 0.548. The molecule has 0 saturated carbocycles. The lowest BCUT2D eigenvalue weighted by atomic mass is 9.93. The van der Waals surface area contributed by atoms with E-state index in [1.54, 1.807) is 29.5 Å². The number of hydrazone groups is 1. The second kappa shape index (κ2) is 7.01. The molecule has 0 fully saturated rings. The smallest absolute Gasteiger partial charge is 0.177 e. The number of anilines is 1. The molecule has 3 heterocycles. The van der Waals surface area contributed by atoms with Gasteiger partial charge in [-0.3, -0.25) is 10.00 Å². The van der Waals surface area contributed by atoms with Gasteiger partial charge in [0.15, 0.2) is 10.2 Å². The molecule has 3 rings (SSSR count). The Bertz CT molecular complexity index is 720. The van der Waals surface area contributed by atoms with E-state index in [1.165, 1.54) is 0 Å². The van der Waals surface area contributed by atoms with Gasteiger partial charge in [0, 0.05) is 23.8 Å².